The van der Waals surface area contributed by atoms with Crippen molar-refractivity contribution in [3.8, 4) is 23.3 Å². The molecule has 9 heteroatoms. The Morgan fingerprint density at radius 3 is 2.74 bits per heavy atom. The molecular formula is C34H54N4O5. The van der Waals surface area contributed by atoms with E-state index in [0.717, 1.165) is 50.8 Å². The Kier molecular flexibility index (Phi) is 13.9. The van der Waals surface area contributed by atoms with Crippen LogP contribution in [-0.2, 0) is 16.0 Å². The summed E-state index contributed by atoms with van der Waals surface area (Å²) in [5.74, 6) is 7.88. The van der Waals surface area contributed by atoms with E-state index in [0.29, 0.717) is 50.4 Å². The van der Waals surface area contributed by atoms with Gasteiger partial charge in [-0.3, -0.25) is 9.79 Å². The highest BCUT2D eigenvalue weighted by Crippen LogP contribution is 2.38. The Labute approximate surface area is 258 Å². The highest BCUT2D eigenvalue weighted by atomic mass is 16.5. The number of nitrogens with zero attached hydrogens (tertiary/aromatic N) is 1. The zero-order valence-corrected chi connectivity index (χ0v) is 26.7. The molecule has 43 heavy (non-hydrogen) atoms. The number of phenolic OH excluding ortho intramolecular Hbond substituents is 1. The molecule has 3 rings (SSSR count). The Balaban J connectivity index is 1.92. The Morgan fingerprint density at radius 1 is 1.28 bits per heavy atom. The molecule has 1 heterocycles. The average Bonchev–Trinajstić information content (AvgIpc) is 2.99. The minimum Gasteiger partial charge on any atom is -0.504 e. The summed E-state index contributed by atoms with van der Waals surface area (Å²) in [5.41, 5.74) is 6.61. The lowest BCUT2D eigenvalue weighted by atomic mass is 9.70. The maximum Gasteiger partial charge on any atom is 0.302 e. The van der Waals surface area contributed by atoms with E-state index in [1.807, 2.05) is 12.1 Å². The van der Waals surface area contributed by atoms with E-state index >= 15 is 0 Å². The number of nitrogens with one attached hydrogen (secondary N) is 2. The number of esters is 1. The fraction of sp³-hybridized carbons (Fsp3) is 0.706. The largest absolute Gasteiger partial charge is 0.504 e. The van der Waals surface area contributed by atoms with Crippen LogP contribution in [-0.4, -0.2) is 67.1 Å². The first-order valence-corrected chi connectivity index (χ1v) is 16.2. The van der Waals surface area contributed by atoms with E-state index in [9.17, 15) is 15.0 Å². The van der Waals surface area contributed by atoms with Gasteiger partial charge in [-0.25, -0.2) is 0 Å². The van der Waals surface area contributed by atoms with Crippen LogP contribution in [0.4, 0.5) is 0 Å². The quantitative estimate of drug-likeness (QED) is 0.0790. The zero-order valence-electron chi connectivity index (χ0n) is 26.7. The third-order valence-corrected chi connectivity index (χ3v) is 9.08. The number of carbonyl (C=O) groups excluding carboxylic acids is 1. The summed E-state index contributed by atoms with van der Waals surface area (Å²) in [6.45, 7) is 8.21. The fourth-order valence-corrected chi connectivity index (χ4v) is 6.27. The molecule has 1 aromatic rings. The number of aliphatic hydroxyl groups is 1. The maximum atomic E-state index is 12.2. The summed E-state index contributed by atoms with van der Waals surface area (Å²) < 4.78 is 12.0. The molecule has 0 aromatic heterocycles. The first-order chi connectivity index (χ1) is 20.7. The molecule has 0 amide bonds. The van der Waals surface area contributed by atoms with Crippen LogP contribution < -0.4 is 21.1 Å². The van der Waals surface area contributed by atoms with Crippen LogP contribution in [0.1, 0.15) is 90.5 Å². The number of hydrogen-bond acceptors (Lipinski definition) is 7. The molecule has 2 aliphatic rings. The van der Waals surface area contributed by atoms with Gasteiger partial charge in [-0.1, -0.05) is 45.1 Å². The SMILES string of the molecule is CCCCC[C@H](C)[C@@]1(CNC(N)=NC)C#CC[C@H](Cc2ccc(O)c(OC3CCNCC3)c2)[C@@H](OC(C)=O)C[C@@H](O)CC1. The van der Waals surface area contributed by atoms with Crippen LogP contribution in [0.15, 0.2) is 23.2 Å². The van der Waals surface area contributed by atoms with Crippen molar-refractivity contribution >= 4 is 11.9 Å². The molecule has 0 radical (unpaired) electrons. The van der Waals surface area contributed by atoms with Gasteiger partial charge >= 0.3 is 5.97 Å². The molecule has 1 aliphatic carbocycles. The van der Waals surface area contributed by atoms with E-state index in [1.165, 1.54) is 13.3 Å². The lowest BCUT2D eigenvalue weighted by molar-refractivity contribution is -0.151. The van der Waals surface area contributed by atoms with Gasteiger partial charge in [0.25, 0.3) is 0 Å². The minimum absolute atomic E-state index is 0.0544. The fourth-order valence-electron chi connectivity index (χ4n) is 6.27. The van der Waals surface area contributed by atoms with Crippen molar-refractivity contribution in [2.75, 3.05) is 26.7 Å². The highest BCUT2D eigenvalue weighted by Gasteiger charge is 2.37. The molecule has 0 bridgehead atoms. The summed E-state index contributed by atoms with van der Waals surface area (Å²) in [5, 5.41) is 28.4. The van der Waals surface area contributed by atoms with E-state index in [1.54, 1.807) is 13.1 Å². The number of rotatable bonds is 12. The summed E-state index contributed by atoms with van der Waals surface area (Å²) in [6, 6.07) is 5.44. The minimum atomic E-state index is -0.648. The van der Waals surface area contributed by atoms with E-state index in [2.05, 4.69) is 41.3 Å². The second-order valence-electron chi connectivity index (χ2n) is 12.4. The van der Waals surface area contributed by atoms with Crippen LogP contribution >= 0.6 is 0 Å². The number of aromatic hydroxyl groups is 1. The number of phenols is 1. The van der Waals surface area contributed by atoms with Gasteiger partial charge in [0.05, 0.1) is 11.5 Å². The number of benzene rings is 1. The topological polar surface area (TPSA) is 138 Å². The normalized spacial score (nSPS) is 26.1. The van der Waals surface area contributed by atoms with Crippen LogP contribution in [0, 0.1) is 29.1 Å². The van der Waals surface area contributed by atoms with Crippen molar-refractivity contribution in [3.63, 3.8) is 0 Å². The lowest BCUT2D eigenvalue weighted by Gasteiger charge is -2.37. The van der Waals surface area contributed by atoms with E-state index in [4.69, 9.17) is 15.2 Å². The van der Waals surface area contributed by atoms with Gasteiger partial charge in [0.1, 0.15) is 12.2 Å². The second kappa shape index (κ2) is 17.4. The first kappa shape index (κ1) is 34.5. The van der Waals surface area contributed by atoms with Gasteiger partial charge in [0.15, 0.2) is 17.5 Å². The van der Waals surface area contributed by atoms with Crippen molar-refractivity contribution in [2.24, 2.45) is 28.0 Å². The zero-order chi connectivity index (χ0) is 31.2. The number of nitrogens with two attached hydrogens (primary N) is 1. The molecule has 6 N–H and O–H groups in total. The number of aliphatic imine (C=N–C) groups is 1. The van der Waals surface area contributed by atoms with Crippen LogP contribution in [0.25, 0.3) is 0 Å². The monoisotopic (exact) mass is 598 g/mol. The van der Waals surface area contributed by atoms with Gasteiger partial charge in [0, 0.05) is 39.3 Å². The van der Waals surface area contributed by atoms with Crippen molar-refractivity contribution in [2.45, 2.75) is 110 Å². The number of guanidine groups is 1. The Bertz CT molecular complexity index is 1110. The summed E-state index contributed by atoms with van der Waals surface area (Å²) in [6.07, 6.45) is 7.82. The van der Waals surface area contributed by atoms with Gasteiger partial charge in [-0.15, -0.1) is 5.92 Å². The van der Waals surface area contributed by atoms with Crippen LogP contribution in [0.2, 0.25) is 0 Å². The number of hydrogen-bond donors (Lipinski definition) is 5. The molecule has 9 nitrogen and oxygen atoms in total. The average molecular weight is 599 g/mol. The standard InChI is InChI=1S/C34H54N4O5/c1-5-6-7-9-24(2)34(23-38-33(35)36-4)16-8-10-27(31(42-25(3)39)22-28(40)13-17-34)20-26-11-12-30(41)32(21-26)43-29-14-18-37-19-15-29/h11-12,21,24,27-29,31,37,40-41H,5-7,9-10,13-15,17-20,22-23H2,1-4H3,(H3,35,36,38)/t24-,27+,28-,31-,34-/m0/s1. The molecule has 5 atom stereocenters. The Morgan fingerprint density at radius 2 is 2.05 bits per heavy atom. The number of carbonyl (C=O) groups is 1. The molecule has 0 spiro atoms. The molecule has 1 fully saturated rings. The second-order valence-corrected chi connectivity index (χ2v) is 12.4. The number of ether oxygens (including phenoxy) is 2. The maximum absolute atomic E-state index is 12.2. The third kappa shape index (κ3) is 10.9. The predicted molar refractivity (Wildman–Crippen MR) is 171 cm³/mol. The van der Waals surface area contributed by atoms with Gasteiger partial charge in [0.2, 0.25) is 0 Å². The van der Waals surface area contributed by atoms with Crippen molar-refractivity contribution in [1.29, 1.82) is 0 Å². The Hall–Kier alpha value is -2.96. The smallest absolute Gasteiger partial charge is 0.302 e. The van der Waals surface area contributed by atoms with Gasteiger partial charge in [-0.2, -0.15) is 0 Å². The van der Waals surface area contributed by atoms with Crippen molar-refractivity contribution < 1.29 is 24.5 Å². The predicted octanol–water partition coefficient (Wildman–Crippen LogP) is 4.29. The van der Waals surface area contributed by atoms with Crippen molar-refractivity contribution in [1.82, 2.24) is 10.6 Å². The molecule has 1 saturated heterocycles. The van der Waals surface area contributed by atoms with E-state index < -0.39 is 17.6 Å². The number of unbranched alkanes of at least 4 members (excludes halogenated alkanes) is 2. The molecule has 1 aromatic carbocycles. The van der Waals surface area contributed by atoms with Crippen LogP contribution in [0.3, 0.4) is 0 Å². The molecule has 0 saturated carbocycles. The van der Waals surface area contributed by atoms with Crippen molar-refractivity contribution in [3.05, 3.63) is 23.8 Å². The summed E-state index contributed by atoms with van der Waals surface area (Å²) in [4.78, 5) is 16.2. The summed E-state index contributed by atoms with van der Waals surface area (Å²) in [7, 11) is 1.66. The summed E-state index contributed by atoms with van der Waals surface area (Å²) >= 11 is 0. The molecule has 240 valence electrons. The molecule has 0 unspecified atom stereocenters. The number of piperidine rings is 1. The highest BCUT2D eigenvalue weighted by molar-refractivity contribution is 5.77. The lowest BCUT2D eigenvalue weighted by Crippen LogP contribution is -2.44. The van der Waals surface area contributed by atoms with Gasteiger partial charge < -0.3 is 36.1 Å². The van der Waals surface area contributed by atoms with E-state index in [-0.39, 0.29) is 29.7 Å². The van der Waals surface area contributed by atoms with Gasteiger partial charge in [-0.05, 0) is 75.2 Å². The van der Waals surface area contributed by atoms with Crippen LogP contribution in [0.5, 0.6) is 11.5 Å². The molecule has 1 aliphatic heterocycles. The number of aliphatic hydroxyl groups excluding tert-OH is 1. The first-order valence-electron chi connectivity index (χ1n) is 16.2. The third-order valence-electron chi connectivity index (χ3n) is 9.08. The molecular weight excluding hydrogens is 544 g/mol.